The van der Waals surface area contributed by atoms with Crippen molar-refractivity contribution in [2.24, 2.45) is 0 Å². The summed E-state index contributed by atoms with van der Waals surface area (Å²) in [5.41, 5.74) is 2.13. The van der Waals surface area contributed by atoms with Gasteiger partial charge in [0, 0.05) is 13.0 Å². The minimum absolute atomic E-state index is 0.0961. The topological polar surface area (TPSA) is 79.2 Å². The molecule has 0 aromatic heterocycles. The van der Waals surface area contributed by atoms with Crippen LogP contribution in [-0.4, -0.2) is 46.0 Å². The molecule has 0 unspecified atom stereocenters. The predicted octanol–water partition coefficient (Wildman–Crippen LogP) is -0.0414. The van der Waals surface area contributed by atoms with Gasteiger partial charge in [-0.3, -0.25) is 0 Å². The van der Waals surface area contributed by atoms with Gasteiger partial charge >= 0.3 is 0 Å². The largest absolute Gasteiger partial charge is 0.396 e. The lowest BCUT2D eigenvalue weighted by Gasteiger charge is -2.36. The van der Waals surface area contributed by atoms with Crippen LogP contribution in [0.2, 0.25) is 0 Å². The molecule has 1 spiro atoms. The van der Waals surface area contributed by atoms with E-state index in [0.717, 1.165) is 11.1 Å². The Morgan fingerprint density at radius 1 is 1.21 bits per heavy atom. The number of hydrogen-bond acceptors (Lipinski definition) is 5. The highest BCUT2D eigenvalue weighted by Gasteiger charge is 2.56. The molecular weight excluding hydrogens is 248 g/mol. The Hall–Kier alpha value is -0.980. The van der Waals surface area contributed by atoms with Crippen LogP contribution in [-0.2, 0) is 22.5 Å². The number of ether oxygens (including phenoxy) is 2. The summed E-state index contributed by atoms with van der Waals surface area (Å²) in [7, 11) is 0. The van der Waals surface area contributed by atoms with E-state index in [1.54, 1.807) is 0 Å². The fraction of sp³-hybridized carbons (Fsp3) is 0.571. The molecule has 1 aromatic rings. The lowest BCUT2D eigenvalue weighted by Crippen LogP contribution is -2.49. The first-order valence-corrected chi connectivity index (χ1v) is 6.52. The van der Waals surface area contributed by atoms with Gasteiger partial charge in [0.15, 0.2) is 0 Å². The van der Waals surface area contributed by atoms with Gasteiger partial charge in [-0.25, -0.2) is 0 Å². The molecule has 2 heterocycles. The van der Waals surface area contributed by atoms with Crippen molar-refractivity contribution in [3.05, 3.63) is 35.4 Å². The fourth-order valence-electron chi connectivity index (χ4n) is 2.87. The van der Waals surface area contributed by atoms with Crippen LogP contribution in [0.25, 0.3) is 0 Å². The number of rotatable bonds is 2. The fourth-order valence-corrected chi connectivity index (χ4v) is 2.87. The van der Waals surface area contributed by atoms with E-state index in [4.69, 9.17) is 14.6 Å². The second-order valence-corrected chi connectivity index (χ2v) is 5.15. The van der Waals surface area contributed by atoms with Gasteiger partial charge in [-0.05, 0) is 17.5 Å². The van der Waals surface area contributed by atoms with E-state index in [0.29, 0.717) is 13.0 Å². The summed E-state index contributed by atoms with van der Waals surface area (Å²) in [5.74, 6) is -1.19. The van der Waals surface area contributed by atoms with E-state index in [-0.39, 0.29) is 13.0 Å². The van der Waals surface area contributed by atoms with Crippen LogP contribution < -0.4 is 0 Å². The molecule has 19 heavy (non-hydrogen) atoms. The van der Waals surface area contributed by atoms with Crippen molar-refractivity contribution in [2.45, 2.75) is 43.5 Å². The van der Waals surface area contributed by atoms with E-state index in [1.807, 2.05) is 24.3 Å². The Bertz CT molecular complexity index is 463. The Labute approximate surface area is 111 Å². The quantitative estimate of drug-likeness (QED) is 0.700. The molecule has 0 radical (unpaired) electrons. The smallest absolute Gasteiger partial charge is 0.201 e. The van der Waals surface area contributed by atoms with Crippen molar-refractivity contribution in [3.63, 3.8) is 0 Å². The minimum atomic E-state index is -1.19. The number of aliphatic hydroxyl groups is 3. The van der Waals surface area contributed by atoms with Crippen LogP contribution in [0.1, 0.15) is 17.5 Å². The highest BCUT2D eigenvalue weighted by atomic mass is 16.7. The van der Waals surface area contributed by atoms with Gasteiger partial charge in [-0.2, -0.15) is 0 Å². The van der Waals surface area contributed by atoms with Crippen LogP contribution in [0.4, 0.5) is 0 Å². The first kappa shape index (κ1) is 13.0. The third kappa shape index (κ3) is 2.07. The lowest BCUT2D eigenvalue weighted by molar-refractivity contribution is -0.270. The van der Waals surface area contributed by atoms with Gasteiger partial charge in [0.2, 0.25) is 5.79 Å². The van der Waals surface area contributed by atoms with Crippen molar-refractivity contribution in [1.82, 2.24) is 0 Å². The number of hydrogen-bond donors (Lipinski definition) is 3. The summed E-state index contributed by atoms with van der Waals surface area (Å²) in [4.78, 5) is 0. The van der Waals surface area contributed by atoms with Gasteiger partial charge in [0.05, 0.1) is 12.7 Å². The van der Waals surface area contributed by atoms with Gasteiger partial charge in [-0.15, -0.1) is 0 Å². The molecule has 3 N–H and O–H groups in total. The summed E-state index contributed by atoms with van der Waals surface area (Å²) in [5, 5.41) is 29.2. The van der Waals surface area contributed by atoms with E-state index in [9.17, 15) is 10.2 Å². The number of fused-ring (bicyclic) bond motifs is 1. The molecule has 2 aliphatic heterocycles. The van der Waals surface area contributed by atoms with E-state index in [1.165, 1.54) is 0 Å². The molecule has 0 amide bonds. The van der Waals surface area contributed by atoms with Crippen LogP contribution in [0.3, 0.4) is 0 Å². The Balaban J connectivity index is 1.86. The zero-order valence-electron chi connectivity index (χ0n) is 10.5. The summed E-state index contributed by atoms with van der Waals surface area (Å²) in [6, 6.07) is 7.82. The molecule has 2 aliphatic rings. The molecule has 0 bridgehead atoms. The highest BCUT2D eigenvalue weighted by molar-refractivity contribution is 5.30. The van der Waals surface area contributed by atoms with Crippen molar-refractivity contribution < 1.29 is 24.8 Å². The summed E-state index contributed by atoms with van der Waals surface area (Å²) in [6.45, 7) is 0.257. The normalized spacial score (nSPS) is 37.5. The van der Waals surface area contributed by atoms with Crippen molar-refractivity contribution in [1.29, 1.82) is 0 Å². The SMILES string of the molecule is OCC[C@H]1O[C@@]2(Cc3ccccc3CO2)[C@@H](O)[C@@H]1O. The molecule has 1 saturated heterocycles. The second-order valence-electron chi connectivity index (χ2n) is 5.15. The van der Waals surface area contributed by atoms with Gasteiger partial charge in [0.25, 0.3) is 0 Å². The monoisotopic (exact) mass is 266 g/mol. The van der Waals surface area contributed by atoms with Crippen molar-refractivity contribution >= 4 is 0 Å². The molecule has 0 aliphatic carbocycles. The molecule has 5 nitrogen and oxygen atoms in total. The first-order chi connectivity index (χ1) is 9.16. The molecule has 0 saturated carbocycles. The minimum Gasteiger partial charge on any atom is -0.396 e. The van der Waals surface area contributed by atoms with Crippen LogP contribution in [0, 0.1) is 0 Å². The van der Waals surface area contributed by atoms with Gasteiger partial charge in [-0.1, -0.05) is 24.3 Å². The highest BCUT2D eigenvalue weighted by Crippen LogP contribution is 2.40. The third-order valence-corrected chi connectivity index (χ3v) is 3.95. The van der Waals surface area contributed by atoms with Crippen LogP contribution in [0.15, 0.2) is 24.3 Å². The molecule has 4 atom stereocenters. The van der Waals surface area contributed by atoms with Gasteiger partial charge < -0.3 is 24.8 Å². The average molecular weight is 266 g/mol. The Kier molecular flexibility index (Phi) is 3.32. The third-order valence-electron chi connectivity index (χ3n) is 3.95. The maximum Gasteiger partial charge on any atom is 0.201 e. The lowest BCUT2D eigenvalue weighted by atomic mass is 9.92. The standard InChI is InChI=1S/C14H18O5/c15-6-5-11-12(16)13(17)14(19-11)7-9-3-1-2-4-10(9)8-18-14/h1-4,11-13,15-17H,5-8H2/t11-,12-,13+,14+/m1/s1. The van der Waals surface area contributed by atoms with Crippen LogP contribution >= 0.6 is 0 Å². The predicted molar refractivity (Wildman–Crippen MR) is 66.3 cm³/mol. The number of benzene rings is 1. The van der Waals surface area contributed by atoms with E-state index < -0.39 is 24.1 Å². The maximum absolute atomic E-state index is 10.2. The molecule has 1 aromatic carbocycles. The summed E-state index contributed by atoms with van der Waals surface area (Å²) < 4.78 is 11.4. The first-order valence-electron chi connectivity index (χ1n) is 6.52. The Morgan fingerprint density at radius 2 is 1.95 bits per heavy atom. The molecule has 104 valence electrons. The Morgan fingerprint density at radius 3 is 2.68 bits per heavy atom. The van der Waals surface area contributed by atoms with Crippen LogP contribution in [0.5, 0.6) is 0 Å². The number of aliphatic hydroxyl groups excluding tert-OH is 3. The maximum atomic E-state index is 10.2. The van der Waals surface area contributed by atoms with E-state index >= 15 is 0 Å². The van der Waals surface area contributed by atoms with Crippen molar-refractivity contribution in [2.75, 3.05) is 6.61 Å². The molecule has 5 heteroatoms. The summed E-state index contributed by atoms with van der Waals surface area (Å²) in [6.07, 6.45) is -2.03. The molecular formula is C14H18O5. The van der Waals surface area contributed by atoms with Gasteiger partial charge in [0.1, 0.15) is 12.2 Å². The summed E-state index contributed by atoms with van der Waals surface area (Å²) >= 11 is 0. The van der Waals surface area contributed by atoms with Crippen molar-refractivity contribution in [3.8, 4) is 0 Å². The zero-order chi connectivity index (χ0) is 13.5. The van der Waals surface area contributed by atoms with E-state index in [2.05, 4.69) is 0 Å². The molecule has 3 rings (SSSR count). The average Bonchev–Trinajstić information content (AvgIpc) is 2.65. The second kappa shape index (κ2) is 4.85. The zero-order valence-corrected chi connectivity index (χ0v) is 10.5. The molecule has 1 fully saturated rings.